The van der Waals surface area contributed by atoms with Gasteiger partial charge in [0, 0.05) is 23.0 Å². The molecule has 2 rings (SSSR count). The molecule has 0 unspecified atom stereocenters. The zero-order valence-corrected chi connectivity index (χ0v) is 12.8. The van der Waals surface area contributed by atoms with Crippen molar-refractivity contribution >= 4 is 23.2 Å². The van der Waals surface area contributed by atoms with Gasteiger partial charge in [-0.2, -0.15) is 0 Å². The van der Waals surface area contributed by atoms with Gasteiger partial charge in [0.05, 0.1) is 13.2 Å². The summed E-state index contributed by atoms with van der Waals surface area (Å²) in [6.45, 7) is 2.59. The fourth-order valence-corrected chi connectivity index (χ4v) is 2.00. The average Bonchev–Trinajstić information content (AvgIpc) is 2.54. The summed E-state index contributed by atoms with van der Waals surface area (Å²) in [4.78, 5) is 23.1. The van der Waals surface area contributed by atoms with Gasteiger partial charge in [-0.3, -0.25) is 9.59 Å². The highest BCUT2D eigenvalue weighted by Gasteiger charge is 2.05. The van der Waals surface area contributed by atoms with Gasteiger partial charge in [-0.05, 0) is 37.3 Å². The largest absolute Gasteiger partial charge is 0.494 e. The van der Waals surface area contributed by atoms with Gasteiger partial charge < -0.3 is 21.1 Å². The molecule has 0 aliphatic rings. The van der Waals surface area contributed by atoms with Gasteiger partial charge in [-0.15, -0.1) is 0 Å². The molecule has 0 aromatic heterocycles. The summed E-state index contributed by atoms with van der Waals surface area (Å²) in [6, 6.07) is 13.9. The van der Waals surface area contributed by atoms with Crippen LogP contribution in [-0.2, 0) is 4.79 Å². The van der Waals surface area contributed by atoms with Gasteiger partial charge in [-0.25, -0.2) is 0 Å². The molecule has 4 N–H and O–H groups in total. The van der Waals surface area contributed by atoms with E-state index in [1.807, 2.05) is 31.2 Å². The van der Waals surface area contributed by atoms with Crippen molar-refractivity contribution in [3.05, 3.63) is 54.1 Å². The van der Waals surface area contributed by atoms with Crippen molar-refractivity contribution in [3.63, 3.8) is 0 Å². The second-order valence-electron chi connectivity index (χ2n) is 4.81. The average molecular weight is 313 g/mol. The first-order valence-corrected chi connectivity index (χ1v) is 7.25. The smallest absolute Gasteiger partial charge is 0.248 e. The Labute approximate surface area is 134 Å². The SMILES string of the molecule is CCOc1cccc(NCC(=O)Nc2cccc(C(N)=O)c2)c1. The maximum absolute atomic E-state index is 12.0. The molecule has 120 valence electrons. The van der Waals surface area contributed by atoms with E-state index in [1.165, 1.54) is 6.07 Å². The highest BCUT2D eigenvalue weighted by Crippen LogP contribution is 2.17. The molecule has 0 bridgehead atoms. The van der Waals surface area contributed by atoms with Gasteiger partial charge in [0.2, 0.25) is 11.8 Å². The van der Waals surface area contributed by atoms with Crippen molar-refractivity contribution in [2.24, 2.45) is 5.73 Å². The standard InChI is InChI=1S/C17H19N3O3/c1-2-23-15-8-4-6-13(10-15)19-11-16(21)20-14-7-3-5-12(9-14)17(18)22/h3-10,19H,2,11H2,1H3,(H2,18,22)(H,20,21). The summed E-state index contributed by atoms with van der Waals surface area (Å²) in [6.07, 6.45) is 0. The summed E-state index contributed by atoms with van der Waals surface area (Å²) < 4.78 is 5.40. The molecule has 0 atom stereocenters. The lowest BCUT2D eigenvalue weighted by Gasteiger charge is -2.10. The molecular formula is C17H19N3O3. The third kappa shape index (κ3) is 5.03. The monoisotopic (exact) mass is 313 g/mol. The van der Waals surface area contributed by atoms with Crippen LogP contribution in [0.15, 0.2) is 48.5 Å². The number of nitrogens with two attached hydrogens (primary N) is 1. The molecule has 2 aromatic rings. The van der Waals surface area contributed by atoms with Crippen LogP contribution in [0.2, 0.25) is 0 Å². The number of rotatable bonds is 7. The molecule has 0 aliphatic heterocycles. The highest BCUT2D eigenvalue weighted by atomic mass is 16.5. The minimum Gasteiger partial charge on any atom is -0.494 e. The first kappa shape index (κ1) is 16.4. The number of amides is 2. The van der Waals surface area contributed by atoms with E-state index >= 15 is 0 Å². The van der Waals surface area contributed by atoms with E-state index in [0.717, 1.165) is 11.4 Å². The van der Waals surface area contributed by atoms with Crippen molar-refractivity contribution in [2.45, 2.75) is 6.92 Å². The quantitative estimate of drug-likeness (QED) is 0.730. The van der Waals surface area contributed by atoms with Crippen molar-refractivity contribution in [1.82, 2.24) is 0 Å². The van der Waals surface area contributed by atoms with E-state index in [2.05, 4.69) is 10.6 Å². The zero-order valence-electron chi connectivity index (χ0n) is 12.8. The zero-order chi connectivity index (χ0) is 16.7. The molecule has 0 saturated heterocycles. The highest BCUT2D eigenvalue weighted by molar-refractivity contribution is 5.97. The molecule has 23 heavy (non-hydrogen) atoms. The molecule has 0 aliphatic carbocycles. The van der Waals surface area contributed by atoms with Gasteiger partial charge in [-0.1, -0.05) is 12.1 Å². The first-order valence-electron chi connectivity index (χ1n) is 7.25. The summed E-state index contributed by atoms with van der Waals surface area (Å²) in [5, 5.41) is 5.72. The Hall–Kier alpha value is -3.02. The fraction of sp³-hybridized carbons (Fsp3) is 0.176. The van der Waals surface area contributed by atoms with Gasteiger partial charge in [0.1, 0.15) is 5.75 Å². The molecule has 6 nitrogen and oxygen atoms in total. The van der Waals surface area contributed by atoms with E-state index in [9.17, 15) is 9.59 Å². The van der Waals surface area contributed by atoms with Gasteiger partial charge in [0.15, 0.2) is 0 Å². The van der Waals surface area contributed by atoms with E-state index in [1.54, 1.807) is 18.2 Å². The van der Waals surface area contributed by atoms with Crippen LogP contribution in [-0.4, -0.2) is 25.0 Å². The lowest BCUT2D eigenvalue weighted by atomic mass is 10.2. The maximum Gasteiger partial charge on any atom is 0.248 e. The van der Waals surface area contributed by atoms with Crippen LogP contribution >= 0.6 is 0 Å². The van der Waals surface area contributed by atoms with Crippen molar-refractivity contribution in [1.29, 1.82) is 0 Å². The molecule has 0 heterocycles. The second-order valence-corrected chi connectivity index (χ2v) is 4.81. The normalized spacial score (nSPS) is 9.96. The van der Waals surface area contributed by atoms with E-state index in [0.29, 0.717) is 17.9 Å². The molecule has 6 heteroatoms. The Bertz CT molecular complexity index is 701. The molecule has 0 radical (unpaired) electrons. The third-order valence-electron chi connectivity index (χ3n) is 3.03. The second kappa shape index (κ2) is 7.84. The van der Waals surface area contributed by atoms with Crippen molar-refractivity contribution in [2.75, 3.05) is 23.8 Å². The van der Waals surface area contributed by atoms with E-state index in [-0.39, 0.29) is 12.5 Å². The predicted molar refractivity (Wildman–Crippen MR) is 89.7 cm³/mol. The molecule has 0 spiro atoms. The lowest BCUT2D eigenvalue weighted by molar-refractivity contribution is -0.114. The molecule has 2 amide bonds. The van der Waals surface area contributed by atoms with Crippen LogP contribution in [0.5, 0.6) is 5.75 Å². The Balaban J connectivity index is 1.91. The molecule has 2 aromatic carbocycles. The number of hydrogen-bond acceptors (Lipinski definition) is 4. The Kier molecular flexibility index (Phi) is 5.57. The Morgan fingerprint density at radius 1 is 1.09 bits per heavy atom. The third-order valence-corrected chi connectivity index (χ3v) is 3.03. The summed E-state index contributed by atoms with van der Waals surface area (Å²) in [5.41, 5.74) is 6.87. The summed E-state index contributed by atoms with van der Waals surface area (Å²) in [5.74, 6) is -0.0209. The van der Waals surface area contributed by atoms with Crippen molar-refractivity contribution < 1.29 is 14.3 Å². The van der Waals surface area contributed by atoms with Crippen LogP contribution in [0, 0.1) is 0 Å². The number of primary amides is 1. The maximum atomic E-state index is 12.0. The molecule has 0 fully saturated rings. The Morgan fingerprint density at radius 2 is 1.83 bits per heavy atom. The van der Waals surface area contributed by atoms with Crippen LogP contribution in [0.1, 0.15) is 17.3 Å². The van der Waals surface area contributed by atoms with Crippen LogP contribution < -0.4 is 21.1 Å². The number of carbonyl (C=O) groups is 2. The topological polar surface area (TPSA) is 93.4 Å². The number of carbonyl (C=O) groups excluding carboxylic acids is 2. The summed E-state index contributed by atoms with van der Waals surface area (Å²) >= 11 is 0. The first-order chi connectivity index (χ1) is 11.1. The van der Waals surface area contributed by atoms with Gasteiger partial charge in [0.25, 0.3) is 0 Å². The van der Waals surface area contributed by atoms with E-state index in [4.69, 9.17) is 10.5 Å². The van der Waals surface area contributed by atoms with Gasteiger partial charge >= 0.3 is 0 Å². The predicted octanol–water partition coefficient (Wildman–Crippen LogP) is 2.23. The number of hydrogen-bond donors (Lipinski definition) is 3. The number of anilines is 2. The minimum atomic E-state index is -0.535. The minimum absolute atomic E-state index is 0.0936. The van der Waals surface area contributed by atoms with Crippen LogP contribution in [0.4, 0.5) is 11.4 Å². The number of benzene rings is 2. The van der Waals surface area contributed by atoms with Crippen molar-refractivity contribution in [3.8, 4) is 5.75 Å². The molecule has 0 saturated carbocycles. The van der Waals surface area contributed by atoms with E-state index < -0.39 is 5.91 Å². The summed E-state index contributed by atoms with van der Waals surface area (Å²) in [7, 11) is 0. The number of ether oxygens (including phenoxy) is 1. The fourth-order valence-electron chi connectivity index (χ4n) is 2.00. The Morgan fingerprint density at radius 3 is 2.57 bits per heavy atom. The molecular weight excluding hydrogens is 294 g/mol. The number of nitrogens with one attached hydrogen (secondary N) is 2. The lowest BCUT2D eigenvalue weighted by Crippen LogP contribution is -2.22. The van der Waals surface area contributed by atoms with Crippen LogP contribution in [0.25, 0.3) is 0 Å². The van der Waals surface area contributed by atoms with Crippen LogP contribution in [0.3, 0.4) is 0 Å².